The molecule has 0 saturated heterocycles. The molecule has 1 heterocycles. The zero-order chi connectivity index (χ0) is 14.6. The van der Waals surface area contributed by atoms with Crippen LogP contribution < -0.4 is 10.1 Å². The van der Waals surface area contributed by atoms with Crippen LogP contribution in [-0.2, 0) is 11.3 Å². The standard InChI is InChI=1S/C14H23N3O2/c1-9-7-16-12(10(2)13(9)19-6)8-15-11(3)14(18)17(4)5/h7,11,15H,8H2,1-6H3. The first-order valence-corrected chi connectivity index (χ1v) is 6.32. The Labute approximate surface area is 115 Å². The number of hydrogen-bond acceptors (Lipinski definition) is 4. The van der Waals surface area contributed by atoms with E-state index in [2.05, 4.69) is 10.3 Å². The second-order valence-electron chi connectivity index (χ2n) is 4.88. The third kappa shape index (κ3) is 3.67. The van der Waals surface area contributed by atoms with Crippen LogP contribution in [0.25, 0.3) is 0 Å². The zero-order valence-corrected chi connectivity index (χ0v) is 12.6. The Bertz CT molecular complexity index is 458. The summed E-state index contributed by atoms with van der Waals surface area (Å²) in [6.07, 6.45) is 1.79. The molecule has 5 nitrogen and oxygen atoms in total. The topological polar surface area (TPSA) is 54.5 Å². The number of pyridine rings is 1. The van der Waals surface area contributed by atoms with E-state index in [4.69, 9.17) is 4.74 Å². The maximum Gasteiger partial charge on any atom is 0.238 e. The first-order valence-electron chi connectivity index (χ1n) is 6.32. The fraction of sp³-hybridized carbons (Fsp3) is 0.571. The van der Waals surface area contributed by atoms with Crippen molar-refractivity contribution in [1.82, 2.24) is 15.2 Å². The van der Waals surface area contributed by atoms with Crippen LogP contribution in [-0.4, -0.2) is 43.0 Å². The van der Waals surface area contributed by atoms with E-state index in [1.165, 1.54) is 0 Å². The van der Waals surface area contributed by atoms with Crippen LogP contribution >= 0.6 is 0 Å². The molecule has 106 valence electrons. The highest BCUT2D eigenvalue weighted by atomic mass is 16.5. The van der Waals surface area contributed by atoms with E-state index < -0.39 is 0 Å². The van der Waals surface area contributed by atoms with E-state index in [0.717, 1.165) is 22.6 Å². The minimum atomic E-state index is -0.233. The Kier molecular flexibility index (Phi) is 5.30. The van der Waals surface area contributed by atoms with Crippen molar-refractivity contribution < 1.29 is 9.53 Å². The second-order valence-corrected chi connectivity index (χ2v) is 4.88. The number of carbonyl (C=O) groups is 1. The van der Waals surface area contributed by atoms with Gasteiger partial charge in [-0.05, 0) is 20.8 Å². The normalized spacial score (nSPS) is 12.1. The van der Waals surface area contributed by atoms with E-state index in [0.29, 0.717) is 6.54 Å². The van der Waals surface area contributed by atoms with Gasteiger partial charge in [-0.15, -0.1) is 0 Å². The van der Waals surface area contributed by atoms with Gasteiger partial charge >= 0.3 is 0 Å². The van der Waals surface area contributed by atoms with Crippen molar-refractivity contribution in [2.75, 3.05) is 21.2 Å². The van der Waals surface area contributed by atoms with Crippen molar-refractivity contribution >= 4 is 5.91 Å². The van der Waals surface area contributed by atoms with E-state index in [1.54, 1.807) is 32.3 Å². The molecule has 0 aromatic carbocycles. The van der Waals surface area contributed by atoms with Crippen molar-refractivity contribution in [1.29, 1.82) is 0 Å². The number of rotatable bonds is 5. The van der Waals surface area contributed by atoms with Crippen LogP contribution in [0.1, 0.15) is 23.7 Å². The van der Waals surface area contributed by atoms with Crippen LogP contribution in [0.2, 0.25) is 0 Å². The Hall–Kier alpha value is -1.62. The third-order valence-corrected chi connectivity index (χ3v) is 3.14. The lowest BCUT2D eigenvalue weighted by molar-refractivity contribution is -0.130. The average molecular weight is 265 g/mol. The second kappa shape index (κ2) is 6.52. The van der Waals surface area contributed by atoms with Crippen LogP contribution in [0, 0.1) is 13.8 Å². The molecule has 0 fully saturated rings. The van der Waals surface area contributed by atoms with E-state index in [9.17, 15) is 4.79 Å². The first kappa shape index (κ1) is 15.4. The summed E-state index contributed by atoms with van der Waals surface area (Å²) in [7, 11) is 5.16. The van der Waals surface area contributed by atoms with Crippen LogP contribution in [0.5, 0.6) is 5.75 Å². The van der Waals surface area contributed by atoms with Gasteiger partial charge in [-0.3, -0.25) is 9.78 Å². The van der Waals surface area contributed by atoms with E-state index in [1.807, 2.05) is 20.8 Å². The minimum Gasteiger partial charge on any atom is -0.496 e. The highest BCUT2D eigenvalue weighted by Gasteiger charge is 2.15. The van der Waals surface area contributed by atoms with Gasteiger partial charge in [0, 0.05) is 38.0 Å². The third-order valence-electron chi connectivity index (χ3n) is 3.14. The van der Waals surface area contributed by atoms with E-state index >= 15 is 0 Å². The number of ether oxygens (including phenoxy) is 1. The number of methoxy groups -OCH3 is 1. The number of carbonyl (C=O) groups excluding carboxylic acids is 1. The van der Waals surface area contributed by atoms with Crippen LogP contribution in [0.4, 0.5) is 0 Å². The molecule has 1 N–H and O–H groups in total. The van der Waals surface area contributed by atoms with Crippen molar-refractivity contribution in [2.45, 2.75) is 33.4 Å². The maximum atomic E-state index is 11.7. The Balaban J connectivity index is 2.76. The summed E-state index contributed by atoms with van der Waals surface area (Å²) in [4.78, 5) is 17.7. The maximum absolute atomic E-state index is 11.7. The van der Waals surface area contributed by atoms with Gasteiger partial charge in [0.15, 0.2) is 0 Å². The smallest absolute Gasteiger partial charge is 0.238 e. The summed E-state index contributed by atoms with van der Waals surface area (Å²) >= 11 is 0. The molecular weight excluding hydrogens is 242 g/mol. The number of hydrogen-bond donors (Lipinski definition) is 1. The molecule has 0 saturated carbocycles. The molecule has 1 amide bonds. The predicted octanol–water partition coefficient (Wildman–Crippen LogP) is 1.27. The van der Waals surface area contributed by atoms with Gasteiger partial charge in [-0.2, -0.15) is 0 Å². The monoisotopic (exact) mass is 265 g/mol. The van der Waals surface area contributed by atoms with Gasteiger partial charge in [0.2, 0.25) is 5.91 Å². The van der Waals surface area contributed by atoms with Crippen molar-refractivity contribution in [3.63, 3.8) is 0 Å². The van der Waals surface area contributed by atoms with Crippen molar-refractivity contribution in [3.8, 4) is 5.75 Å². The molecule has 1 aromatic rings. The molecule has 0 aliphatic heterocycles. The molecule has 0 aliphatic carbocycles. The van der Waals surface area contributed by atoms with Gasteiger partial charge in [0.1, 0.15) is 5.75 Å². The van der Waals surface area contributed by atoms with E-state index in [-0.39, 0.29) is 11.9 Å². The average Bonchev–Trinajstić information content (AvgIpc) is 2.37. The molecule has 1 aromatic heterocycles. The summed E-state index contributed by atoms with van der Waals surface area (Å²) in [6.45, 7) is 6.34. The Morgan fingerprint density at radius 3 is 2.63 bits per heavy atom. The zero-order valence-electron chi connectivity index (χ0n) is 12.6. The number of likely N-dealkylation sites (N-methyl/N-ethyl adjacent to an activating group) is 1. The lowest BCUT2D eigenvalue weighted by Crippen LogP contribution is -2.41. The van der Waals surface area contributed by atoms with Crippen LogP contribution in [0.15, 0.2) is 6.20 Å². The molecule has 5 heteroatoms. The van der Waals surface area contributed by atoms with Gasteiger partial charge in [0.25, 0.3) is 0 Å². The molecule has 1 unspecified atom stereocenters. The predicted molar refractivity (Wildman–Crippen MR) is 75.3 cm³/mol. The molecular formula is C14H23N3O2. The summed E-state index contributed by atoms with van der Waals surface area (Å²) in [5.41, 5.74) is 2.93. The highest BCUT2D eigenvalue weighted by Crippen LogP contribution is 2.23. The number of aromatic nitrogens is 1. The SMILES string of the molecule is COc1c(C)cnc(CNC(C)C(=O)N(C)C)c1C. The quantitative estimate of drug-likeness (QED) is 0.871. The Morgan fingerprint density at radius 1 is 1.47 bits per heavy atom. The Morgan fingerprint density at radius 2 is 2.11 bits per heavy atom. The lowest BCUT2D eigenvalue weighted by Gasteiger charge is -2.19. The minimum absolute atomic E-state index is 0.0525. The van der Waals surface area contributed by atoms with Gasteiger partial charge in [-0.25, -0.2) is 0 Å². The number of nitrogens with one attached hydrogen (secondary N) is 1. The van der Waals surface area contributed by atoms with Gasteiger partial charge < -0.3 is 15.0 Å². The molecule has 0 bridgehead atoms. The number of nitrogens with zero attached hydrogens (tertiary/aromatic N) is 2. The number of aryl methyl sites for hydroxylation is 1. The molecule has 19 heavy (non-hydrogen) atoms. The highest BCUT2D eigenvalue weighted by molar-refractivity contribution is 5.80. The number of amides is 1. The first-order chi connectivity index (χ1) is 8.88. The molecule has 1 atom stereocenters. The summed E-state index contributed by atoms with van der Waals surface area (Å²) in [5.74, 6) is 0.912. The summed E-state index contributed by atoms with van der Waals surface area (Å²) in [6, 6.07) is -0.233. The summed E-state index contributed by atoms with van der Waals surface area (Å²) < 4.78 is 5.37. The van der Waals surface area contributed by atoms with Crippen molar-refractivity contribution in [2.24, 2.45) is 0 Å². The van der Waals surface area contributed by atoms with Crippen LogP contribution in [0.3, 0.4) is 0 Å². The van der Waals surface area contributed by atoms with Crippen molar-refractivity contribution in [3.05, 3.63) is 23.0 Å². The largest absolute Gasteiger partial charge is 0.496 e. The molecule has 0 aliphatic rings. The van der Waals surface area contributed by atoms with Gasteiger partial charge in [0.05, 0.1) is 18.8 Å². The van der Waals surface area contributed by atoms with Gasteiger partial charge in [-0.1, -0.05) is 0 Å². The fourth-order valence-electron chi connectivity index (χ4n) is 1.97. The molecule has 0 spiro atoms. The fourth-order valence-corrected chi connectivity index (χ4v) is 1.97. The lowest BCUT2D eigenvalue weighted by atomic mass is 10.1. The molecule has 0 radical (unpaired) electrons. The molecule has 1 rings (SSSR count). The summed E-state index contributed by atoms with van der Waals surface area (Å²) in [5, 5.41) is 3.18.